The van der Waals surface area contributed by atoms with Crippen LogP contribution in [-0.4, -0.2) is 69.1 Å². The zero-order valence-corrected chi connectivity index (χ0v) is 17.9. The van der Waals surface area contributed by atoms with Crippen molar-refractivity contribution >= 4 is 27.6 Å². The van der Waals surface area contributed by atoms with Gasteiger partial charge in [-0.2, -0.15) is 0 Å². The number of nitrogens with zero attached hydrogens (tertiary/aromatic N) is 2. The van der Waals surface area contributed by atoms with Gasteiger partial charge in [0, 0.05) is 38.3 Å². The fraction of sp³-hybridized carbons (Fsp3) is 0.333. The van der Waals surface area contributed by atoms with Crippen LogP contribution in [-0.2, 0) is 26.1 Å². The van der Waals surface area contributed by atoms with E-state index in [1.807, 2.05) is 0 Å². The average Bonchev–Trinajstić information content (AvgIpc) is 2.73. The summed E-state index contributed by atoms with van der Waals surface area (Å²) in [5.41, 5.74) is 0.720. The number of hydrogen-bond acceptors (Lipinski definition) is 6. The van der Waals surface area contributed by atoms with Crippen molar-refractivity contribution in [1.29, 1.82) is 0 Å². The number of hydrogen-bond donors (Lipinski definition) is 1. The number of benzene rings is 2. The molecule has 0 aromatic heterocycles. The number of esters is 1. The first kappa shape index (κ1) is 22.7. The van der Waals surface area contributed by atoms with Gasteiger partial charge < -0.3 is 9.64 Å². The van der Waals surface area contributed by atoms with Crippen LogP contribution in [0, 0.1) is 5.82 Å². The zero-order valence-electron chi connectivity index (χ0n) is 17.1. The molecule has 2 aromatic rings. The third-order valence-electron chi connectivity index (χ3n) is 4.85. The largest absolute Gasteiger partial charge is 0.452 e. The predicted molar refractivity (Wildman–Crippen MR) is 113 cm³/mol. The highest BCUT2D eigenvalue weighted by molar-refractivity contribution is 7.92. The van der Waals surface area contributed by atoms with Crippen LogP contribution in [0.5, 0.6) is 0 Å². The van der Waals surface area contributed by atoms with Gasteiger partial charge >= 0.3 is 5.97 Å². The van der Waals surface area contributed by atoms with E-state index in [9.17, 15) is 22.4 Å². The number of amides is 1. The Morgan fingerprint density at radius 1 is 1.03 bits per heavy atom. The number of para-hydroxylation sites is 1. The van der Waals surface area contributed by atoms with Crippen LogP contribution in [0.3, 0.4) is 0 Å². The van der Waals surface area contributed by atoms with Crippen LogP contribution in [0.4, 0.5) is 10.1 Å². The molecule has 1 aliphatic heterocycles. The molecular weight excluding hydrogens is 425 g/mol. The first-order valence-corrected chi connectivity index (χ1v) is 11.6. The SMILES string of the molecule is CS(=O)(=O)Nc1ccccc1C(=O)OCC(=O)N1CCN(Cc2ccccc2F)CC1. The molecule has 2 aromatic carbocycles. The summed E-state index contributed by atoms with van der Waals surface area (Å²) in [5, 5.41) is 0. The van der Waals surface area contributed by atoms with Crippen LogP contribution in [0.15, 0.2) is 48.5 Å². The van der Waals surface area contributed by atoms with Gasteiger partial charge in [-0.15, -0.1) is 0 Å². The van der Waals surface area contributed by atoms with E-state index in [-0.39, 0.29) is 23.0 Å². The Balaban J connectivity index is 1.50. The van der Waals surface area contributed by atoms with E-state index in [0.29, 0.717) is 38.3 Å². The molecule has 0 saturated carbocycles. The Hall–Kier alpha value is -2.98. The lowest BCUT2D eigenvalue weighted by molar-refractivity contribution is -0.136. The summed E-state index contributed by atoms with van der Waals surface area (Å²) in [6.07, 6.45) is 0.977. The molecule has 1 aliphatic rings. The summed E-state index contributed by atoms with van der Waals surface area (Å²) in [6.45, 7) is 2.06. The fourth-order valence-corrected chi connectivity index (χ4v) is 3.85. The average molecular weight is 450 g/mol. The molecule has 1 amide bonds. The smallest absolute Gasteiger partial charge is 0.340 e. The van der Waals surface area contributed by atoms with E-state index in [4.69, 9.17) is 4.74 Å². The summed E-state index contributed by atoms with van der Waals surface area (Å²) in [4.78, 5) is 28.4. The van der Waals surface area contributed by atoms with Gasteiger partial charge in [-0.3, -0.25) is 14.4 Å². The number of halogens is 1. The monoisotopic (exact) mass is 449 g/mol. The predicted octanol–water partition coefficient (Wildman–Crippen LogP) is 1.70. The molecule has 8 nitrogen and oxygen atoms in total. The molecule has 0 radical (unpaired) electrons. The van der Waals surface area contributed by atoms with Crippen LogP contribution < -0.4 is 4.72 Å². The molecule has 0 bridgehead atoms. The molecule has 3 rings (SSSR count). The summed E-state index contributed by atoms with van der Waals surface area (Å²) in [7, 11) is -3.57. The summed E-state index contributed by atoms with van der Waals surface area (Å²) >= 11 is 0. The Labute approximate surface area is 180 Å². The Morgan fingerprint density at radius 2 is 1.68 bits per heavy atom. The highest BCUT2D eigenvalue weighted by Gasteiger charge is 2.23. The maximum Gasteiger partial charge on any atom is 0.340 e. The van der Waals surface area contributed by atoms with E-state index in [1.165, 1.54) is 18.2 Å². The van der Waals surface area contributed by atoms with Crippen molar-refractivity contribution in [2.75, 3.05) is 43.8 Å². The topological polar surface area (TPSA) is 96.0 Å². The molecule has 0 spiro atoms. The Morgan fingerprint density at radius 3 is 2.35 bits per heavy atom. The summed E-state index contributed by atoms with van der Waals surface area (Å²) in [5.74, 6) is -1.38. The van der Waals surface area contributed by atoms with Crippen molar-refractivity contribution < 1.29 is 27.1 Å². The first-order valence-electron chi connectivity index (χ1n) is 9.70. The van der Waals surface area contributed by atoms with Crippen molar-refractivity contribution in [3.63, 3.8) is 0 Å². The lowest BCUT2D eigenvalue weighted by atomic mass is 10.2. The van der Waals surface area contributed by atoms with E-state index in [0.717, 1.165) is 6.26 Å². The molecule has 31 heavy (non-hydrogen) atoms. The zero-order chi connectivity index (χ0) is 22.4. The minimum atomic E-state index is -3.57. The third-order valence-corrected chi connectivity index (χ3v) is 5.44. The van der Waals surface area contributed by atoms with Crippen LogP contribution >= 0.6 is 0 Å². The van der Waals surface area contributed by atoms with Crippen molar-refractivity contribution in [2.24, 2.45) is 0 Å². The molecule has 1 fully saturated rings. The number of ether oxygens (including phenoxy) is 1. The molecule has 1 N–H and O–H groups in total. The van der Waals surface area contributed by atoms with Gasteiger partial charge in [0.15, 0.2) is 6.61 Å². The third kappa shape index (κ3) is 6.50. The molecule has 1 heterocycles. The number of sulfonamides is 1. The summed E-state index contributed by atoms with van der Waals surface area (Å²) < 4.78 is 44.1. The van der Waals surface area contributed by atoms with E-state index in [1.54, 1.807) is 35.2 Å². The second-order valence-electron chi connectivity index (χ2n) is 7.24. The fourth-order valence-electron chi connectivity index (χ4n) is 3.27. The Kier molecular flexibility index (Phi) is 7.24. The summed E-state index contributed by atoms with van der Waals surface area (Å²) in [6, 6.07) is 12.6. The van der Waals surface area contributed by atoms with Gasteiger partial charge in [0.25, 0.3) is 5.91 Å². The van der Waals surface area contributed by atoms with Crippen molar-refractivity contribution in [3.8, 4) is 0 Å². The van der Waals surface area contributed by atoms with Crippen LogP contribution in [0.25, 0.3) is 0 Å². The quantitative estimate of drug-likeness (QED) is 0.647. The maximum atomic E-state index is 13.8. The molecule has 10 heteroatoms. The molecule has 0 atom stereocenters. The maximum absolute atomic E-state index is 13.8. The lowest BCUT2D eigenvalue weighted by Crippen LogP contribution is -2.49. The minimum Gasteiger partial charge on any atom is -0.452 e. The number of anilines is 1. The highest BCUT2D eigenvalue weighted by Crippen LogP contribution is 2.18. The highest BCUT2D eigenvalue weighted by atomic mass is 32.2. The molecule has 166 valence electrons. The number of nitrogens with one attached hydrogen (secondary N) is 1. The van der Waals surface area contributed by atoms with E-state index < -0.39 is 22.6 Å². The normalized spacial score (nSPS) is 14.8. The van der Waals surface area contributed by atoms with E-state index >= 15 is 0 Å². The number of rotatable bonds is 7. The van der Waals surface area contributed by atoms with Gasteiger partial charge in [0.05, 0.1) is 17.5 Å². The minimum absolute atomic E-state index is 0.0235. The second-order valence-corrected chi connectivity index (χ2v) is 8.99. The number of piperazine rings is 1. The number of carbonyl (C=O) groups excluding carboxylic acids is 2. The standard InChI is InChI=1S/C21H24FN3O5S/c1-31(28,29)23-19-9-5-3-7-17(19)21(27)30-15-20(26)25-12-10-24(11-13-25)14-16-6-2-4-8-18(16)22/h2-9,23H,10-15H2,1H3. The molecular formula is C21H24FN3O5S. The second kappa shape index (κ2) is 9.88. The molecule has 0 unspecified atom stereocenters. The van der Waals surface area contributed by atoms with Crippen LogP contribution in [0.2, 0.25) is 0 Å². The Bertz CT molecular complexity index is 1050. The van der Waals surface area contributed by atoms with Crippen LogP contribution in [0.1, 0.15) is 15.9 Å². The van der Waals surface area contributed by atoms with Crippen molar-refractivity contribution in [3.05, 3.63) is 65.5 Å². The van der Waals surface area contributed by atoms with Gasteiger partial charge in [0.2, 0.25) is 10.0 Å². The first-order chi connectivity index (χ1) is 14.7. The van der Waals surface area contributed by atoms with Gasteiger partial charge in [-0.05, 0) is 18.2 Å². The lowest BCUT2D eigenvalue weighted by Gasteiger charge is -2.34. The molecule has 1 saturated heterocycles. The van der Waals surface area contributed by atoms with Crippen molar-refractivity contribution in [2.45, 2.75) is 6.54 Å². The van der Waals surface area contributed by atoms with Crippen molar-refractivity contribution in [1.82, 2.24) is 9.80 Å². The van der Waals surface area contributed by atoms with E-state index in [2.05, 4.69) is 9.62 Å². The number of carbonyl (C=O) groups is 2. The van der Waals surface area contributed by atoms with Gasteiger partial charge in [0.1, 0.15) is 5.82 Å². The van der Waals surface area contributed by atoms with Gasteiger partial charge in [-0.1, -0.05) is 30.3 Å². The van der Waals surface area contributed by atoms with Gasteiger partial charge in [-0.25, -0.2) is 17.6 Å². The molecule has 0 aliphatic carbocycles.